The monoisotopic (exact) mass is 379 g/mol. The molecule has 1 rings (SSSR count). The normalized spacial score (nSPS) is 10.1. The van der Waals surface area contributed by atoms with Crippen LogP contribution in [-0.2, 0) is 6.42 Å². The van der Waals surface area contributed by atoms with Gasteiger partial charge in [-0.1, -0.05) is 13.3 Å². The number of rotatable bonds is 6. The Labute approximate surface area is 124 Å². The highest BCUT2D eigenvalue weighted by molar-refractivity contribution is 9.28. The molecule has 0 fully saturated rings. The molecule has 0 atom stereocenters. The average molecular weight is 381 g/mol. The number of halogens is 3. The molecule has 1 N–H and O–H groups in total. The minimum absolute atomic E-state index is 0.277. The van der Waals surface area contributed by atoms with Gasteiger partial charge in [0.2, 0.25) is 0 Å². The number of aryl methyl sites for hydroxylation is 1. The van der Waals surface area contributed by atoms with Crippen LogP contribution in [0.1, 0.15) is 18.9 Å². The number of hydrogen-bond acceptors (Lipinski definition) is 2. The summed E-state index contributed by atoms with van der Waals surface area (Å²) in [6, 6.07) is 3.29. The first-order valence-corrected chi connectivity index (χ1v) is 7.31. The molecule has 100 valence electrons. The standard InChI is InChI=1S/C13H16Br2FNO/c1-3-4-9-7-10(18-6-5-12(14)15)8-11(16)13(9)17-2/h5,7-8,17H,3-4,6H2,1-2H3. The zero-order valence-electron chi connectivity index (χ0n) is 10.4. The summed E-state index contributed by atoms with van der Waals surface area (Å²) in [6.45, 7) is 2.45. The molecule has 0 aliphatic rings. The second-order valence-corrected chi connectivity index (χ2v) is 6.52. The topological polar surface area (TPSA) is 21.3 Å². The van der Waals surface area contributed by atoms with Gasteiger partial charge in [-0.15, -0.1) is 0 Å². The quantitative estimate of drug-likeness (QED) is 0.763. The largest absolute Gasteiger partial charge is 0.489 e. The van der Waals surface area contributed by atoms with Gasteiger partial charge in [-0.3, -0.25) is 0 Å². The maximum Gasteiger partial charge on any atom is 0.150 e. The zero-order chi connectivity index (χ0) is 13.5. The van der Waals surface area contributed by atoms with Crippen molar-refractivity contribution in [1.82, 2.24) is 0 Å². The Balaban J connectivity index is 2.90. The van der Waals surface area contributed by atoms with Gasteiger partial charge in [0.25, 0.3) is 0 Å². The van der Waals surface area contributed by atoms with E-state index in [1.54, 1.807) is 7.05 Å². The fraction of sp³-hybridized carbons (Fsp3) is 0.385. The molecule has 2 nitrogen and oxygen atoms in total. The van der Waals surface area contributed by atoms with Gasteiger partial charge in [0.1, 0.15) is 18.2 Å². The molecule has 5 heteroatoms. The van der Waals surface area contributed by atoms with Crippen molar-refractivity contribution < 1.29 is 9.13 Å². The summed E-state index contributed by atoms with van der Waals surface area (Å²) in [5.74, 6) is 0.271. The molecule has 0 heterocycles. The summed E-state index contributed by atoms with van der Waals surface area (Å²) in [6.07, 6.45) is 3.59. The van der Waals surface area contributed by atoms with Gasteiger partial charge >= 0.3 is 0 Å². The maximum atomic E-state index is 13.8. The van der Waals surface area contributed by atoms with Crippen molar-refractivity contribution in [3.8, 4) is 5.75 Å². The van der Waals surface area contributed by atoms with Crippen molar-refractivity contribution >= 4 is 37.5 Å². The van der Waals surface area contributed by atoms with Crippen LogP contribution in [0.5, 0.6) is 5.75 Å². The van der Waals surface area contributed by atoms with Gasteiger partial charge in [0, 0.05) is 13.1 Å². The van der Waals surface area contributed by atoms with Gasteiger partial charge in [0.15, 0.2) is 0 Å². The Morgan fingerprint density at radius 1 is 1.44 bits per heavy atom. The van der Waals surface area contributed by atoms with Crippen LogP contribution in [0.4, 0.5) is 10.1 Å². The molecular weight excluding hydrogens is 365 g/mol. The van der Waals surface area contributed by atoms with Gasteiger partial charge in [-0.25, -0.2) is 4.39 Å². The summed E-state index contributed by atoms with van der Waals surface area (Å²) in [7, 11) is 1.72. The van der Waals surface area contributed by atoms with Gasteiger partial charge in [-0.05, 0) is 56.0 Å². The summed E-state index contributed by atoms with van der Waals surface area (Å²) in [5.41, 5.74) is 1.50. The van der Waals surface area contributed by atoms with E-state index in [1.165, 1.54) is 6.07 Å². The third-order valence-electron chi connectivity index (χ3n) is 2.40. The minimum Gasteiger partial charge on any atom is -0.489 e. The third-order valence-corrected chi connectivity index (χ3v) is 3.05. The van der Waals surface area contributed by atoms with Gasteiger partial charge in [0.05, 0.1) is 9.08 Å². The second-order valence-electron chi connectivity index (χ2n) is 3.74. The summed E-state index contributed by atoms with van der Waals surface area (Å²) < 4.78 is 20.1. The Morgan fingerprint density at radius 2 is 2.17 bits per heavy atom. The van der Waals surface area contributed by atoms with Crippen molar-refractivity contribution in [3.63, 3.8) is 0 Å². The van der Waals surface area contributed by atoms with E-state index in [0.29, 0.717) is 18.0 Å². The van der Waals surface area contributed by atoms with Gasteiger partial charge in [-0.2, -0.15) is 0 Å². The molecule has 0 spiro atoms. The lowest BCUT2D eigenvalue weighted by Crippen LogP contribution is -2.02. The summed E-state index contributed by atoms with van der Waals surface area (Å²) >= 11 is 6.48. The minimum atomic E-state index is -0.277. The molecule has 0 aliphatic heterocycles. The van der Waals surface area contributed by atoms with Crippen molar-refractivity contribution in [1.29, 1.82) is 0 Å². The van der Waals surface area contributed by atoms with Crippen molar-refractivity contribution in [2.24, 2.45) is 0 Å². The van der Waals surface area contributed by atoms with E-state index >= 15 is 0 Å². The maximum absolute atomic E-state index is 13.8. The van der Waals surface area contributed by atoms with E-state index in [-0.39, 0.29) is 5.82 Å². The number of anilines is 1. The molecule has 0 bridgehead atoms. The Hall–Kier alpha value is -0.550. The first-order valence-electron chi connectivity index (χ1n) is 5.72. The van der Waals surface area contributed by atoms with Crippen LogP contribution < -0.4 is 10.1 Å². The van der Waals surface area contributed by atoms with Crippen LogP contribution in [-0.4, -0.2) is 13.7 Å². The number of hydrogen-bond donors (Lipinski definition) is 1. The first-order chi connectivity index (χ1) is 8.58. The van der Waals surface area contributed by atoms with E-state index in [1.807, 2.05) is 12.1 Å². The highest BCUT2D eigenvalue weighted by Crippen LogP contribution is 2.27. The average Bonchev–Trinajstić information content (AvgIpc) is 2.28. The number of benzene rings is 1. The van der Waals surface area contributed by atoms with E-state index in [4.69, 9.17) is 4.74 Å². The van der Waals surface area contributed by atoms with Crippen LogP contribution in [0, 0.1) is 5.82 Å². The Kier molecular flexibility index (Phi) is 6.71. The highest BCUT2D eigenvalue weighted by atomic mass is 79.9. The van der Waals surface area contributed by atoms with E-state index < -0.39 is 0 Å². The van der Waals surface area contributed by atoms with Crippen molar-refractivity contribution in [2.45, 2.75) is 19.8 Å². The number of ether oxygens (including phenoxy) is 1. The van der Waals surface area contributed by atoms with Crippen LogP contribution in [0.2, 0.25) is 0 Å². The highest BCUT2D eigenvalue weighted by Gasteiger charge is 2.09. The molecule has 0 saturated heterocycles. The smallest absolute Gasteiger partial charge is 0.150 e. The van der Waals surface area contributed by atoms with Crippen LogP contribution in [0.3, 0.4) is 0 Å². The molecule has 0 radical (unpaired) electrons. The molecular formula is C13H16Br2FNO. The van der Waals surface area contributed by atoms with Crippen molar-refractivity contribution in [2.75, 3.05) is 19.0 Å². The van der Waals surface area contributed by atoms with Crippen LogP contribution >= 0.6 is 31.9 Å². The lowest BCUT2D eigenvalue weighted by atomic mass is 10.1. The first kappa shape index (κ1) is 15.5. The van der Waals surface area contributed by atoms with E-state index in [2.05, 4.69) is 44.1 Å². The molecule has 0 unspecified atom stereocenters. The molecule has 0 amide bonds. The predicted octanol–water partition coefficient (Wildman–Crippen LogP) is 4.83. The SMILES string of the molecule is CCCc1cc(OCC=C(Br)Br)cc(F)c1NC. The summed E-state index contributed by atoms with van der Waals surface area (Å²) in [5, 5.41) is 2.89. The molecule has 1 aromatic rings. The van der Waals surface area contributed by atoms with E-state index in [0.717, 1.165) is 21.8 Å². The van der Waals surface area contributed by atoms with Crippen LogP contribution in [0.25, 0.3) is 0 Å². The lowest BCUT2D eigenvalue weighted by Gasteiger charge is -2.12. The molecule has 0 saturated carbocycles. The van der Waals surface area contributed by atoms with Gasteiger partial charge < -0.3 is 10.1 Å². The fourth-order valence-corrected chi connectivity index (χ4v) is 1.93. The van der Waals surface area contributed by atoms with Crippen molar-refractivity contribution in [3.05, 3.63) is 33.0 Å². The predicted molar refractivity (Wildman–Crippen MR) is 81.4 cm³/mol. The molecule has 0 aliphatic carbocycles. The zero-order valence-corrected chi connectivity index (χ0v) is 13.6. The Morgan fingerprint density at radius 3 is 2.72 bits per heavy atom. The molecule has 1 aromatic carbocycles. The third kappa shape index (κ3) is 4.61. The molecule has 18 heavy (non-hydrogen) atoms. The lowest BCUT2D eigenvalue weighted by molar-refractivity contribution is 0.360. The molecule has 0 aromatic heterocycles. The van der Waals surface area contributed by atoms with E-state index in [9.17, 15) is 4.39 Å². The second kappa shape index (κ2) is 7.79. The van der Waals surface area contributed by atoms with Crippen LogP contribution in [0.15, 0.2) is 21.6 Å². The number of nitrogens with one attached hydrogen (secondary N) is 1. The summed E-state index contributed by atoms with van der Waals surface area (Å²) in [4.78, 5) is 0. The fourth-order valence-electron chi connectivity index (χ4n) is 1.67. The Bertz CT molecular complexity index is 431.